The summed E-state index contributed by atoms with van der Waals surface area (Å²) in [4.78, 5) is 8.99. The van der Waals surface area contributed by atoms with Gasteiger partial charge in [-0.05, 0) is 37.5 Å². The highest BCUT2D eigenvalue weighted by molar-refractivity contribution is 5.59. The lowest BCUT2D eigenvalue weighted by Crippen LogP contribution is -1.98. The Morgan fingerprint density at radius 1 is 0.793 bits per heavy atom. The van der Waals surface area contributed by atoms with Crippen LogP contribution in [0.15, 0.2) is 30.6 Å². The number of ether oxygens (including phenoxy) is 1. The summed E-state index contributed by atoms with van der Waals surface area (Å²) < 4.78 is 19.5. The van der Waals surface area contributed by atoms with E-state index in [1.54, 1.807) is 12.3 Å². The molecule has 2 rings (SSSR count). The Kier molecular flexibility index (Phi) is 11.3. The Morgan fingerprint density at radius 2 is 1.48 bits per heavy atom. The molecule has 0 aliphatic carbocycles. The maximum absolute atomic E-state index is 14.1. The summed E-state index contributed by atoms with van der Waals surface area (Å²) in [7, 11) is 0. The molecule has 0 aliphatic rings. The lowest BCUT2D eigenvalue weighted by molar-refractivity contribution is 0.301. The zero-order valence-corrected chi connectivity index (χ0v) is 18.3. The molecule has 0 saturated carbocycles. The van der Waals surface area contributed by atoms with Gasteiger partial charge in [-0.1, -0.05) is 71.6 Å². The van der Waals surface area contributed by atoms with E-state index in [0.717, 1.165) is 30.5 Å². The summed E-state index contributed by atoms with van der Waals surface area (Å²) in [5.41, 5.74) is 2.43. The van der Waals surface area contributed by atoms with Crippen LogP contribution in [0.4, 0.5) is 4.39 Å². The third kappa shape index (κ3) is 8.93. The molecule has 0 N–H and O–H groups in total. The van der Waals surface area contributed by atoms with E-state index in [9.17, 15) is 4.39 Å². The van der Waals surface area contributed by atoms with Crippen LogP contribution in [0.5, 0.6) is 5.75 Å². The van der Waals surface area contributed by atoms with E-state index < -0.39 is 0 Å². The Balaban J connectivity index is 1.68. The van der Waals surface area contributed by atoms with Gasteiger partial charge >= 0.3 is 0 Å². The monoisotopic (exact) mass is 400 g/mol. The lowest BCUT2D eigenvalue weighted by atomic mass is 10.1. The molecule has 0 fully saturated rings. The second-order valence-corrected chi connectivity index (χ2v) is 7.82. The first-order valence-electron chi connectivity index (χ1n) is 11.5. The van der Waals surface area contributed by atoms with Gasteiger partial charge in [-0.25, -0.2) is 4.39 Å². The maximum Gasteiger partial charge on any atom is 0.165 e. The van der Waals surface area contributed by atoms with E-state index >= 15 is 0 Å². The molecule has 2 aromatic rings. The van der Waals surface area contributed by atoms with Gasteiger partial charge in [-0.2, -0.15) is 0 Å². The van der Waals surface area contributed by atoms with Crippen LogP contribution < -0.4 is 4.74 Å². The van der Waals surface area contributed by atoms with E-state index in [0.29, 0.717) is 18.1 Å². The fourth-order valence-electron chi connectivity index (χ4n) is 3.42. The van der Waals surface area contributed by atoms with Gasteiger partial charge in [0.25, 0.3) is 0 Å². The molecule has 1 heterocycles. The molecular weight excluding hydrogens is 363 g/mol. The number of aryl methyl sites for hydroxylation is 1. The third-order valence-electron chi connectivity index (χ3n) is 5.18. The number of nitrogens with zero attached hydrogens (tertiary/aromatic N) is 2. The summed E-state index contributed by atoms with van der Waals surface area (Å²) in [6.45, 7) is 4.78. The van der Waals surface area contributed by atoms with Crippen molar-refractivity contribution in [1.29, 1.82) is 0 Å². The van der Waals surface area contributed by atoms with Crippen LogP contribution in [0.3, 0.4) is 0 Å². The minimum atomic E-state index is -0.354. The topological polar surface area (TPSA) is 35.0 Å². The summed E-state index contributed by atoms with van der Waals surface area (Å²) >= 11 is 0. The number of aromatic nitrogens is 2. The first kappa shape index (κ1) is 23.3. The number of benzene rings is 1. The molecule has 0 aliphatic heterocycles. The largest absolute Gasteiger partial charge is 0.491 e. The molecule has 3 nitrogen and oxygen atoms in total. The van der Waals surface area contributed by atoms with Crippen LogP contribution in [0.25, 0.3) is 11.3 Å². The maximum atomic E-state index is 14.1. The normalized spacial score (nSPS) is 11.0. The average Bonchev–Trinajstić information content (AvgIpc) is 2.74. The SMILES string of the molecule is CCCCCCCCCCCCc1cnc(-c2ccc(OCCC)c(F)c2)cn1. The van der Waals surface area contributed by atoms with Crippen molar-refractivity contribution in [2.75, 3.05) is 6.61 Å². The third-order valence-corrected chi connectivity index (χ3v) is 5.18. The lowest BCUT2D eigenvalue weighted by Gasteiger charge is -2.08. The van der Waals surface area contributed by atoms with E-state index in [-0.39, 0.29) is 5.82 Å². The Labute approximate surface area is 176 Å². The van der Waals surface area contributed by atoms with Crippen LogP contribution in [0.1, 0.15) is 90.2 Å². The minimum absolute atomic E-state index is 0.293. The van der Waals surface area contributed by atoms with Crippen molar-refractivity contribution in [2.24, 2.45) is 0 Å². The number of halogens is 1. The van der Waals surface area contributed by atoms with E-state index in [1.165, 1.54) is 63.9 Å². The molecule has 0 spiro atoms. The van der Waals surface area contributed by atoms with Crippen LogP contribution in [0.2, 0.25) is 0 Å². The van der Waals surface area contributed by atoms with Crippen LogP contribution >= 0.6 is 0 Å². The second-order valence-electron chi connectivity index (χ2n) is 7.82. The molecule has 0 atom stereocenters. The molecule has 4 heteroatoms. The fraction of sp³-hybridized carbons (Fsp3) is 0.600. The quantitative estimate of drug-likeness (QED) is 0.290. The Hall–Kier alpha value is -1.97. The molecule has 0 amide bonds. The Bertz CT molecular complexity index is 688. The molecular formula is C25H37FN2O. The molecule has 1 aromatic carbocycles. The van der Waals surface area contributed by atoms with Gasteiger partial charge in [0.15, 0.2) is 11.6 Å². The van der Waals surface area contributed by atoms with Gasteiger partial charge in [0.1, 0.15) is 0 Å². The smallest absolute Gasteiger partial charge is 0.165 e. The summed E-state index contributed by atoms with van der Waals surface area (Å²) in [5, 5.41) is 0. The molecule has 1 aromatic heterocycles. The van der Waals surface area contributed by atoms with E-state index in [1.807, 2.05) is 19.2 Å². The van der Waals surface area contributed by atoms with E-state index in [4.69, 9.17) is 4.74 Å². The summed E-state index contributed by atoms with van der Waals surface area (Å²) in [5.74, 6) is -0.0617. The zero-order valence-electron chi connectivity index (χ0n) is 18.3. The molecule has 160 valence electrons. The van der Waals surface area contributed by atoms with Gasteiger partial charge < -0.3 is 4.74 Å². The minimum Gasteiger partial charge on any atom is -0.491 e. The van der Waals surface area contributed by atoms with Crippen molar-refractivity contribution in [3.05, 3.63) is 42.1 Å². The number of rotatable bonds is 15. The first-order chi connectivity index (χ1) is 14.2. The van der Waals surface area contributed by atoms with Crippen LogP contribution in [-0.4, -0.2) is 16.6 Å². The molecule has 0 bridgehead atoms. The average molecular weight is 401 g/mol. The highest BCUT2D eigenvalue weighted by Crippen LogP contribution is 2.24. The van der Waals surface area contributed by atoms with Gasteiger partial charge in [0.2, 0.25) is 0 Å². The fourth-order valence-corrected chi connectivity index (χ4v) is 3.42. The van der Waals surface area contributed by atoms with Crippen molar-refractivity contribution in [3.8, 4) is 17.0 Å². The summed E-state index contributed by atoms with van der Waals surface area (Å²) in [6, 6.07) is 4.97. The van der Waals surface area contributed by atoms with Gasteiger partial charge in [0.05, 0.1) is 24.2 Å². The van der Waals surface area contributed by atoms with Crippen molar-refractivity contribution >= 4 is 0 Å². The van der Waals surface area contributed by atoms with Crippen LogP contribution in [-0.2, 0) is 6.42 Å². The predicted molar refractivity (Wildman–Crippen MR) is 119 cm³/mol. The number of hydrogen-bond donors (Lipinski definition) is 0. The van der Waals surface area contributed by atoms with E-state index in [2.05, 4.69) is 16.9 Å². The predicted octanol–water partition coefficient (Wildman–Crippen LogP) is 7.53. The summed E-state index contributed by atoms with van der Waals surface area (Å²) in [6.07, 6.45) is 18.7. The van der Waals surface area contributed by atoms with Gasteiger partial charge in [0, 0.05) is 11.8 Å². The first-order valence-corrected chi connectivity index (χ1v) is 11.5. The molecule has 0 saturated heterocycles. The van der Waals surface area contributed by atoms with Crippen molar-refractivity contribution in [2.45, 2.75) is 90.9 Å². The van der Waals surface area contributed by atoms with Gasteiger partial charge in [-0.15, -0.1) is 0 Å². The number of unbranched alkanes of at least 4 members (excludes halogenated alkanes) is 9. The van der Waals surface area contributed by atoms with Crippen molar-refractivity contribution in [3.63, 3.8) is 0 Å². The highest BCUT2D eigenvalue weighted by Gasteiger charge is 2.08. The second kappa shape index (κ2) is 14.1. The van der Waals surface area contributed by atoms with Crippen molar-refractivity contribution < 1.29 is 9.13 Å². The van der Waals surface area contributed by atoms with Crippen LogP contribution in [0, 0.1) is 5.82 Å². The zero-order chi connectivity index (χ0) is 20.7. The number of hydrogen-bond acceptors (Lipinski definition) is 3. The standard InChI is InChI=1S/C25H37FN2O/c1-3-5-6-7-8-9-10-11-12-13-14-22-19-28-24(20-27-22)21-15-16-25(23(26)18-21)29-17-4-2/h15-16,18-20H,3-14,17H2,1-2H3. The molecule has 0 unspecified atom stereocenters. The molecule has 29 heavy (non-hydrogen) atoms. The highest BCUT2D eigenvalue weighted by atomic mass is 19.1. The molecule has 0 radical (unpaired) electrons. The van der Waals surface area contributed by atoms with Crippen molar-refractivity contribution in [1.82, 2.24) is 9.97 Å². The Morgan fingerprint density at radius 3 is 2.07 bits per heavy atom. The van der Waals surface area contributed by atoms with Gasteiger partial charge in [-0.3, -0.25) is 9.97 Å².